The normalized spacial score (nSPS) is 14.1. The molecule has 2 aromatic carbocycles. The number of rotatable bonds is 10. The summed E-state index contributed by atoms with van der Waals surface area (Å²) in [5.74, 6) is -0.604. The predicted molar refractivity (Wildman–Crippen MR) is 155 cm³/mol. The van der Waals surface area contributed by atoms with Gasteiger partial charge in [-0.05, 0) is 69.0 Å². The predicted octanol–water partition coefficient (Wildman–Crippen LogP) is 4.12. The number of likely N-dealkylation sites (N-methyl/N-ethyl adjacent to an activating group) is 1. The van der Waals surface area contributed by atoms with Gasteiger partial charge in [0.05, 0.1) is 16.0 Å². The molecule has 3 aromatic rings. The van der Waals surface area contributed by atoms with E-state index in [9.17, 15) is 18.0 Å². The number of amides is 2. The van der Waals surface area contributed by atoms with Crippen LogP contribution in [-0.4, -0.2) is 63.3 Å². The third-order valence-corrected chi connectivity index (χ3v) is 8.49. The van der Waals surface area contributed by atoms with E-state index in [2.05, 4.69) is 39.1 Å². The molecule has 2 heterocycles. The van der Waals surface area contributed by atoms with Gasteiger partial charge >= 0.3 is 0 Å². The molecule has 0 fully saturated rings. The number of sulfonamides is 1. The third-order valence-electron chi connectivity index (χ3n) is 6.83. The van der Waals surface area contributed by atoms with Crippen LogP contribution in [0.2, 0.25) is 5.02 Å². The molecule has 1 aliphatic heterocycles. The molecular weight excluding hydrogens is 538 g/mol. The monoisotopic (exact) mass is 569 g/mol. The fourth-order valence-corrected chi connectivity index (χ4v) is 5.54. The average Bonchev–Trinajstić information content (AvgIpc) is 3.42. The summed E-state index contributed by atoms with van der Waals surface area (Å²) < 4.78 is 27.1. The third kappa shape index (κ3) is 5.94. The zero-order valence-corrected chi connectivity index (χ0v) is 23.9. The van der Waals surface area contributed by atoms with E-state index < -0.39 is 10.0 Å². The van der Waals surface area contributed by atoms with Crippen molar-refractivity contribution in [3.05, 3.63) is 70.0 Å². The highest BCUT2D eigenvalue weighted by molar-refractivity contribution is 7.89. The molecule has 0 spiro atoms. The van der Waals surface area contributed by atoms with Gasteiger partial charge in [-0.25, -0.2) is 13.1 Å². The maximum atomic E-state index is 13.4. The minimum Gasteiger partial charge on any atom is -0.358 e. The van der Waals surface area contributed by atoms with E-state index in [1.807, 2.05) is 12.1 Å². The topological polar surface area (TPSA) is 123 Å². The zero-order valence-electron chi connectivity index (χ0n) is 22.3. The van der Waals surface area contributed by atoms with Gasteiger partial charge in [0.15, 0.2) is 0 Å². The largest absolute Gasteiger partial charge is 0.358 e. The first-order chi connectivity index (χ1) is 18.6. The van der Waals surface area contributed by atoms with E-state index in [1.165, 1.54) is 19.2 Å². The quantitative estimate of drug-likeness (QED) is 0.274. The second-order valence-corrected chi connectivity index (χ2v) is 11.5. The molecule has 1 aromatic heterocycles. The van der Waals surface area contributed by atoms with E-state index in [1.54, 1.807) is 31.2 Å². The highest BCUT2D eigenvalue weighted by Gasteiger charge is 2.28. The number of nitrogens with one attached hydrogen (secondary N) is 4. The molecule has 11 heteroatoms. The minimum atomic E-state index is -3.71. The number of halogens is 1. The van der Waals surface area contributed by atoms with Crippen molar-refractivity contribution in [3.63, 3.8) is 0 Å². The summed E-state index contributed by atoms with van der Waals surface area (Å²) in [6.45, 7) is 8.96. The molecule has 0 aliphatic carbocycles. The molecule has 39 heavy (non-hydrogen) atoms. The first-order valence-corrected chi connectivity index (χ1v) is 14.6. The Labute approximate surface area is 233 Å². The molecule has 0 bridgehead atoms. The Morgan fingerprint density at radius 3 is 2.44 bits per heavy atom. The standard InChI is InChI=1S/C28H32ClN5O4S/c1-5-34(6-2)14-13-31-28(36)25-17(3)32-24(26(25)18-7-9-19(29)10-8-18)16-22-21-15-20(39(37,38)30-4)11-12-23(21)33-27(22)35/h7-12,15-16,30,32H,5-6,13-14H2,1-4H3,(H,31,36)(H,33,35). The van der Waals surface area contributed by atoms with Crippen LogP contribution in [-0.2, 0) is 14.8 Å². The minimum absolute atomic E-state index is 0.0417. The van der Waals surface area contributed by atoms with Crippen LogP contribution in [0.1, 0.15) is 41.2 Å². The second kappa shape index (κ2) is 11.7. The van der Waals surface area contributed by atoms with Crippen LogP contribution in [0, 0.1) is 6.92 Å². The van der Waals surface area contributed by atoms with Crippen molar-refractivity contribution in [2.45, 2.75) is 25.7 Å². The molecule has 2 amide bonds. The number of hydrogen-bond acceptors (Lipinski definition) is 5. The van der Waals surface area contributed by atoms with Crippen LogP contribution in [0.25, 0.3) is 22.8 Å². The van der Waals surface area contributed by atoms with Crippen LogP contribution >= 0.6 is 11.6 Å². The Kier molecular flexibility index (Phi) is 8.60. The van der Waals surface area contributed by atoms with Gasteiger partial charge in [0.25, 0.3) is 11.8 Å². The van der Waals surface area contributed by atoms with Crippen molar-refractivity contribution in [2.75, 3.05) is 38.5 Å². The molecule has 0 radical (unpaired) electrons. The lowest BCUT2D eigenvalue weighted by Crippen LogP contribution is -2.35. The Morgan fingerprint density at radius 1 is 1.10 bits per heavy atom. The number of aromatic nitrogens is 1. The van der Waals surface area contributed by atoms with E-state index in [-0.39, 0.29) is 22.3 Å². The van der Waals surface area contributed by atoms with E-state index in [4.69, 9.17) is 11.6 Å². The summed E-state index contributed by atoms with van der Waals surface area (Å²) in [4.78, 5) is 32.0. The Bertz CT molecular complexity index is 1540. The number of anilines is 1. The van der Waals surface area contributed by atoms with E-state index in [0.29, 0.717) is 45.3 Å². The highest BCUT2D eigenvalue weighted by Crippen LogP contribution is 2.38. The van der Waals surface area contributed by atoms with Crippen molar-refractivity contribution >= 4 is 50.8 Å². The number of H-pyrrole nitrogens is 1. The summed E-state index contributed by atoms with van der Waals surface area (Å²) in [5.41, 5.74) is 4.26. The van der Waals surface area contributed by atoms with Gasteiger partial charge in [-0.1, -0.05) is 37.6 Å². The van der Waals surface area contributed by atoms with Gasteiger partial charge in [0, 0.05) is 46.3 Å². The molecule has 0 saturated carbocycles. The number of aryl methyl sites for hydroxylation is 1. The maximum absolute atomic E-state index is 13.4. The zero-order chi connectivity index (χ0) is 28.3. The second-order valence-electron chi connectivity index (χ2n) is 9.13. The number of carbonyl (C=O) groups excluding carboxylic acids is 2. The average molecular weight is 570 g/mol. The van der Waals surface area contributed by atoms with Crippen LogP contribution in [0.15, 0.2) is 47.4 Å². The number of nitrogens with zero attached hydrogens (tertiary/aromatic N) is 1. The van der Waals surface area contributed by atoms with Crippen molar-refractivity contribution in [1.82, 2.24) is 19.9 Å². The van der Waals surface area contributed by atoms with Gasteiger partial charge in [-0.15, -0.1) is 0 Å². The number of hydrogen-bond donors (Lipinski definition) is 4. The molecule has 4 rings (SSSR count). The first kappa shape index (κ1) is 28.6. The van der Waals surface area contributed by atoms with Gasteiger partial charge in [-0.2, -0.15) is 0 Å². The summed E-state index contributed by atoms with van der Waals surface area (Å²) in [6, 6.07) is 11.6. The number of aromatic amines is 1. The van der Waals surface area contributed by atoms with E-state index >= 15 is 0 Å². The SMILES string of the molecule is CCN(CC)CCNC(=O)c1c(C)[nH]c(C=C2C(=O)Nc3ccc(S(=O)(=O)NC)cc32)c1-c1ccc(Cl)cc1. The lowest BCUT2D eigenvalue weighted by atomic mass is 9.97. The summed E-state index contributed by atoms with van der Waals surface area (Å²) in [7, 11) is -2.38. The van der Waals surface area contributed by atoms with Crippen molar-refractivity contribution in [1.29, 1.82) is 0 Å². The van der Waals surface area contributed by atoms with Gasteiger partial charge < -0.3 is 20.5 Å². The smallest absolute Gasteiger partial charge is 0.256 e. The van der Waals surface area contributed by atoms with Gasteiger partial charge in [-0.3, -0.25) is 9.59 Å². The molecule has 9 nitrogen and oxygen atoms in total. The molecule has 0 saturated heterocycles. The van der Waals surface area contributed by atoms with Crippen molar-refractivity contribution in [2.24, 2.45) is 0 Å². The van der Waals surface area contributed by atoms with Gasteiger partial charge in [0.2, 0.25) is 10.0 Å². The summed E-state index contributed by atoms with van der Waals surface area (Å²) in [6.07, 6.45) is 1.65. The Hall–Kier alpha value is -3.44. The van der Waals surface area contributed by atoms with Crippen molar-refractivity contribution in [3.8, 4) is 11.1 Å². The van der Waals surface area contributed by atoms with Crippen molar-refractivity contribution < 1.29 is 18.0 Å². The molecular formula is C28H32ClN5O4S. The van der Waals surface area contributed by atoms with Crippen LogP contribution < -0.4 is 15.4 Å². The number of carbonyl (C=O) groups is 2. The molecule has 1 aliphatic rings. The molecule has 0 atom stereocenters. The summed E-state index contributed by atoms with van der Waals surface area (Å²) >= 11 is 6.14. The van der Waals surface area contributed by atoms with Crippen LogP contribution in [0.4, 0.5) is 5.69 Å². The fourth-order valence-electron chi connectivity index (χ4n) is 4.65. The summed E-state index contributed by atoms with van der Waals surface area (Å²) in [5, 5.41) is 6.36. The van der Waals surface area contributed by atoms with Gasteiger partial charge in [0.1, 0.15) is 0 Å². The molecule has 0 unspecified atom stereocenters. The maximum Gasteiger partial charge on any atom is 0.256 e. The first-order valence-electron chi connectivity index (χ1n) is 12.7. The van der Waals surface area contributed by atoms with Crippen LogP contribution in [0.5, 0.6) is 0 Å². The fraction of sp³-hybridized carbons (Fsp3) is 0.286. The molecule has 4 N–H and O–H groups in total. The van der Waals surface area contributed by atoms with E-state index in [0.717, 1.165) is 25.2 Å². The Balaban J connectivity index is 1.81. The Morgan fingerprint density at radius 2 is 1.79 bits per heavy atom. The number of benzene rings is 2. The molecule has 206 valence electrons. The van der Waals surface area contributed by atoms with Crippen LogP contribution in [0.3, 0.4) is 0 Å². The number of fused-ring (bicyclic) bond motifs is 1. The highest BCUT2D eigenvalue weighted by atomic mass is 35.5. The lowest BCUT2D eigenvalue weighted by Gasteiger charge is -2.18. The lowest BCUT2D eigenvalue weighted by molar-refractivity contribution is -0.110.